The van der Waals surface area contributed by atoms with Gasteiger partial charge < -0.3 is 4.90 Å². The molecule has 0 amide bonds. The molecule has 0 aliphatic carbocycles. The fourth-order valence-corrected chi connectivity index (χ4v) is 1.23. The van der Waals surface area contributed by atoms with Gasteiger partial charge in [0.05, 0.1) is 6.54 Å². The maximum Gasteiger partial charge on any atom is 0.255 e. The number of alkyl halides is 2. The molecule has 1 heterocycles. The summed E-state index contributed by atoms with van der Waals surface area (Å²) >= 11 is 5.59. The van der Waals surface area contributed by atoms with Crippen molar-refractivity contribution in [1.29, 1.82) is 0 Å². The van der Waals surface area contributed by atoms with Crippen LogP contribution in [0.25, 0.3) is 0 Å². The van der Waals surface area contributed by atoms with Gasteiger partial charge in [-0.3, -0.25) is 0 Å². The lowest BCUT2D eigenvalue weighted by Gasteiger charge is -2.17. The van der Waals surface area contributed by atoms with Crippen LogP contribution in [-0.2, 0) is 0 Å². The molecule has 0 saturated carbocycles. The van der Waals surface area contributed by atoms with E-state index >= 15 is 0 Å². The molecule has 14 heavy (non-hydrogen) atoms. The maximum absolute atomic E-state index is 12.1. The van der Waals surface area contributed by atoms with Crippen LogP contribution in [0.3, 0.4) is 0 Å². The molecular weight excluding hydrogens is 212 g/mol. The summed E-state index contributed by atoms with van der Waals surface area (Å²) in [6, 6.07) is 1.61. The first-order chi connectivity index (χ1) is 6.49. The van der Waals surface area contributed by atoms with E-state index in [2.05, 4.69) is 9.97 Å². The summed E-state index contributed by atoms with van der Waals surface area (Å²) in [4.78, 5) is 9.01. The predicted octanol–water partition coefficient (Wildman–Crippen LogP) is 2.14. The minimum absolute atomic E-state index is 0.0705. The molecule has 0 radical (unpaired) electrons. The van der Waals surface area contributed by atoms with E-state index in [1.165, 1.54) is 11.9 Å². The standard InChI is InChI=1S/C8H10ClF2N3/c1-5-3-7(13-8(9)12-5)14(2)4-6(10)11/h3,6H,4H2,1-2H3. The number of aromatic nitrogens is 2. The Morgan fingerprint density at radius 2 is 2.14 bits per heavy atom. The molecule has 0 bridgehead atoms. The van der Waals surface area contributed by atoms with Crippen LogP contribution in [0.2, 0.25) is 5.28 Å². The third-order valence-electron chi connectivity index (χ3n) is 1.62. The smallest absolute Gasteiger partial charge is 0.255 e. The van der Waals surface area contributed by atoms with Crippen molar-refractivity contribution >= 4 is 17.4 Å². The van der Waals surface area contributed by atoms with Crippen LogP contribution >= 0.6 is 11.6 Å². The molecule has 6 heteroatoms. The highest BCUT2D eigenvalue weighted by Gasteiger charge is 2.10. The van der Waals surface area contributed by atoms with E-state index in [1.807, 2.05) is 0 Å². The van der Waals surface area contributed by atoms with Gasteiger partial charge in [-0.05, 0) is 18.5 Å². The molecule has 0 aliphatic rings. The molecular formula is C8H10ClF2N3. The van der Waals surface area contributed by atoms with Crippen LogP contribution in [0.1, 0.15) is 5.69 Å². The summed E-state index contributed by atoms with van der Waals surface area (Å²) < 4.78 is 24.1. The number of halogens is 3. The summed E-state index contributed by atoms with van der Waals surface area (Å²) in [5.41, 5.74) is 0.654. The van der Waals surface area contributed by atoms with Crippen molar-refractivity contribution < 1.29 is 8.78 Å². The Morgan fingerprint density at radius 1 is 1.50 bits per heavy atom. The summed E-state index contributed by atoms with van der Waals surface area (Å²) in [6.07, 6.45) is -2.39. The molecule has 0 N–H and O–H groups in total. The van der Waals surface area contributed by atoms with Crippen LogP contribution in [0.5, 0.6) is 0 Å². The highest BCUT2D eigenvalue weighted by molar-refractivity contribution is 6.28. The quantitative estimate of drug-likeness (QED) is 0.733. The highest BCUT2D eigenvalue weighted by Crippen LogP contribution is 2.14. The van der Waals surface area contributed by atoms with Crippen molar-refractivity contribution in [2.45, 2.75) is 13.3 Å². The van der Waals surface area contributed by atoms with Gasteiger partial charge in [0.2, 0.25) is 5.28 Å². The number of hydrogen-bond acceptors (Lipinski definition) is 3. The Labute approximate surface area is 85.7 Å². The van der Waals surface area contributed by atoms with Crippen LogP contribution in [0, 0.1) is 6.92 Å². The van der Waals surface area contributed by atoms with Gasteiger partial charge in [-0.1, -0.05) is 0 Å². The molecule has 0 fully saturated rings. The summed E-state index contributed by atoms with van der Waals surface area (Å²) in [5, 5.41) is 0.0705. The zero-order chi connectivity index (χ0) is 10.7. The fourth-order valence-electron chi connectivity index (χ4n) is 1.01. The predicted molar refractivity (Wildman–Crippen MR) is 51.1 cm³/mol. The lowest BCUT2D eigenvalue weighted by atomic mass is 10.4. The van der Waals surface area contributed by atoms with Gasteiger partial charge in [-0.15, -0.1) is 0 Å². The van der Waals surface area contributed by atoms with E-state index in [1.54, 1.807) is 13.0 Å². The van der Waals surface area contributed by atoms with Gasteiger partial charge in [-0.25, -0.2) is 18.7 Å². The minimum atomic E-state index is -2.39. The van der Waals surface area contributed by atoms with Crippen molar-refractivity contribution in [2.24, 2.45) is 0 Å². The van der Waals surface area contributed by atoms with E-state index in [0.717, 1.165) is 0 Å². The summed E-state index contributed by atoms with van der Waals surface area (Å²) in [5.74, 6) is 0.405. The third-order valence-corrected chi connectivity index (χ3v) is 1.79. The second kappa shape index (κ2) is 4.50. The van der Waals surface area contributed by atoms with E-state index in [4.69, 9.17) is 11.6 Å². The average Bonchev–Trinajstić information content (AvgIpc) is 2.00. The van der Waals surface area contributed by atoms with E-state index in [0.29, 0.717) is 11.5 Å². The van der Waals surface area contributed by atoms with Crippen LogP contribution in [0.4, 0.5) is 14.6 Å². The molecule has 1 aromatic rings. The first kappa shape index (κ1) is 11.1. The molecule has 0 aromatic carbocycles. The van der Waals surface area contributed by atoms with Crippen molar-refractivity contribution in [2.75, 3.05) is 18.5 Å². The van der Waals surface area contributed by atoms with Crippen molar-refractivity contribution in [3.63, 3.8) is 0 Å². The molecule has 0 saturated heterocycles. The number of nitrogens with zero attached hydrogens (tertiary/aromatic N) is 3. The Hall–Kier alpha value is -0.970. The Balaban J connectivity index is 2.84. The Kier molecular flexibility index (Phi) is 3.57. The van der Waals surface area contributed by atoms with Gasteiger partial charge in [0, 0.05) is 18.8 Å². The molecule has 3 nitrogen and oxygen atoms in total. The molecule has 1 aromatic heterocycles. The van der Waals surface area contributed by atoms with Crippen LogP contribution in [-0.4, -0.2) is 30.0 Å². The number of rotatable bonds is 3. The largest absolute Gasteiger partial charge is 0.354 e. The van der Waals surface area contributed by atoms with Crippen LogP contribution < -0.4 is 4.90 Å². The van der Waals surface area contributed by atoms with Gasteiger partial charge in [-0.2, -0.15) is 0 Å². The molecule has 0 atom stereocenters. The van der Waals surface area contributed by atoms with E-state index in [9.17, 15) is 8.78 Å². The average molecular weight is 222 g/mol. The maximum atomic E-state index is 12.1. The second-order valence-electron chi connectivity index (χ2n) is 2.91. The zero-order valence-corrected chi connectivity index (χ0v) is 8.59. The molecule has 0 spiro atoms. The Morgan fingerprint density at radius 3 is 2.64 bits per heavy atom. The summed E-state index contributed by atoms with van der Waals surface area (Å²) in [7, 11) is 1.53. The van der Waals surface area contributed by atoms with E-state index < -0.39 is 6.43 Å². The van der Waals surface area contributed by atoms with Gasteiger partial charge in [0.15, 0.2) is 0 Å². The number of aryl methyl sites for hydroxylation is 1. The lowest BCUT2D eigenvalue weighted by molar-refractivity contribution is 0.156. The van der Waals surface area contributed by atoms with Crippen LogP contribution in [0.15, 0.2) is 6.07 Å². The molecule has 0 unspecified atom stereocenters. The van der Waals surface area contributed by atoms with Crippen molar-refractivity contribution in [3.8, 4) is 0 Å². The summed E-state index contributed by atoms with van der Waals surface area (Å²) in [6.45, 7) is 1.36. The minimum Gasteiger partial charge on any atom is -0.354 e. The lowest BCUT2D eigenvalue weighted by Crippen LogP contribution is -2.25. The Bertz CT molecular complexity index is 299. The molecule has 1 rings (SSSR count). The van der Waals surface area contributed by atoms with E-state index in [-0.39, 0.29) is 11.8 Å². The monoisotopic (exact) mass is 221 g/mol. The zero-order valence-electron chi connectivity index (χ0n) is 7.84. The topological polar surface area (TPSA) is 29.0 Å². The molecule has 78 valence electrons. The SMILES string of the molecule is Cc1cc(N(C)CC(F)F)nc(Cl)n1. The third kappa shape index (κ3) is 3.06. The number of anilines is 1. The van der Waals surface area contributed by atoms with Gasteiger partial charge in [0.1, 0.15) is 5.82 Å². The van der Waals surface area contributed by atoms with Crippen molar-refractivity contribution in [3.05, 3.63) is 17.0 Å². The normalized spacial score (nSPS) is 10.7. The van der Waals surface area contributed by atoms with Gasteiger partial charge in [0.25, 0.3) is 6.43 Å². The first-order valence-corrected chi connectivity index (χ1v) is 4.37. The number of hydrogen-bond donors (Lipinski definition) is 0. The second-order valence-corrected chi connectivity index (χ2v) is 3.25. The first-order valence-electron chi connectivity index (χ1n) is 3.99. The molecule has 0 aliphatic heterocycles. The fraction of sp³-hybridized carbons (Fsp3) is 0.500. The highest BCUT2D eigenvalue weighted by atomic mass is 35.5. The van der Waals surface area contributed by atoms with Crippen molar-refractivity contribution in [1.82, 2.24) is 9.97 Å². The van der Waals surface area contributed by atoms with Gasteiger partial charge >= 0.3 is 0 Å².